The largest absolute Gasteiger partial charge is 0.350 e. The van der Waals surface area contributed by atoms with Gasteiger partial charge in [0.15, 0.2) is 0 Å². The Morgan fingerprint density at radius 3 is 2.32 bits per heavy atom. The summed E-state index contributed by atoms with van der Waals surface area (Å²) in [5.74, 6) is -0.365. The first-order valence-electron chi connectivity index (χ1n) is 7.88. The molecule has 0 fully saturated rings. The van der Waals surface area contributed by atoms with Crippen molar-refractivity contribution in [2.75, 3.05) is 24.9 Å². The quantitative estimate of drug-likeness (QED) is 0.819. The number of nitrogens with one attached hydrogen (secondary N) is 1. The minimum absolute atomic E-state index is 0.281. The van der Waals surface area contributed by atoms with Crippen molar-refractivity contribution in [3.8, 4) is 0 Å². The van der Waals surface area contributed by atoms with E-state index in [1.807, 2.05) is 31.2 Å². The molecule has 6 nitrogen and oxygen atoms in total. The fraction of sp³-hybridized carbons (Fsp3) is 0.278. The van der Waals surface area contributed by atoms with Gasteiger partial charge in [0, 0.05) is 20.6 Å². The normalized spacial score (nSPS) is 11.4. The van der Waals surface area contributed by atoms with E-state index in [2.05, 4.69) is 5.32 Å². The third-order valence-corrected chi connectivity index (χ3v) is 5.46. The molecule has 0 aromatic heterocycles. The molecule has 25 heavy (non-hydrogen) atoms. The average Bonchev–Trinajstić information content (AvgIpc) is 2.58. The molecule has 2 aromatic carbocycles. The number of carbonyl (C=O) groups is 1. The van der Waals surface area contributed by atoms with E-state index in [-0.39, 0.29) is 12.5 Å². The summed E-state index contributed by atoms with van der Waals surface area (Å²) in [6.45, 7) is 2.05. The summed E-state index contributed by atoms with van der Waals surface area (Å²) in [7, 11) is -0.890. The van der Waals surface area contributed by atoms with Crippen molar-refractivity contribution in [2.45, 2.75) is 13.5 Å². The zero-order valence-corrected chi connectivity index (χ0v) is 15.5. The molecule has 1 amide bonds. The molecule has 1 N–H and O–H groups in total. The zero-order valence-electron chi connectivity index (χ0n) is 14.6. The lowest BCUT2D eigenvalue weighted by atomic mass is 10.1. The minimum Gasteiger partial charge on any atom is -0.350 e. The second-order valence-corrected chi connectivity index (χ2v) is 7.96. The number of rotatable bonds is 7. The number of benzene rings is 2. The number of amides is 1. The highest BCUT2D eigenvalue weighted by molar-refractivity contribution is 7.90. The van der Waals surface area contributed by atoms with Crippen molar-refractivity contribution >= 4 is 21.8 Å². The Labute approximate surface area is 149 Å². The molecule has 0 aliphatic rings. The fourth-order valence-electron chi connectivity index (χ4n) is 2.31. The van der Waals surface area contributed by atoms with Crippen molar-refractivity contribution in [3.63, 3.8) is 0 Å². The van der Waals surface area contributed by atoms with Gasteiger partial charge in [0.05, 0.1) is 5.69 Å². The van der Waals surface area contributed by atoms with Gasteiger partial charge >= 0.3 is 10.2 Å². The van der Waals surface area contributed by atoms with Gasteiger partial charge in [0.1, 0.15) is 6.54 Å². The molecular weight excluding hydrogens is 338 g/mol. The summed E-state index contributed by atoms with van der Waals surface area (Å²) < 4.78 is 27.3. The predicted octanol–water partition coefficient (Wildman–Crippen LogP) is 1.92. The van der Waals surface area contributed by atoms with Crippen molar-refractivity contribution in [2.24, 2.45) is 0 Å². The monoisotopic (exact) mass is 361 g/mol. The van der Waals surface area contributed by atoms with Gasteiger partial charge in [-0.05, 0) is 24.6 Å². The summed E-state index contributed by atoms with van der Waals surface area (Å²) >= 11 is 0. The van der Waals surface area contributed by atoms with Gasteiger partial charge in [-0.2, -0.15) is 12.7 Å². The van der Waals surface area contributed by atoms with Crippen LogP contribution in [0.3, 0.4) is 0 Å². The summed E-state index contributed by atoms with van der Waals surface area (Å²) in [5.41, 5.74) is 2.52. The van der Waals surface area contributed by atoms with Crippen LogP contribution in [0.5, 0.6) is 0 Å². The maximum atomic E-state index is 12.6. The molecule has 0 radical (unpaired) electrons. The summed E-state index contributed by atoms with van der Waals surface area (Å²) in [6, 6.07) is 16.4. The minimum atomic E-state index is -3.77. The van der Waals surface area contributed by atoms with Gasteiger partial charge in [-0.1, -0.05) is 48.0 Å². The highest BCUT2D eigenvalue weighted by Gasteiger charge is 2.26. The highest BCUT2D eigenvalue weighted by atomic mass is 32.2. The Hall–Kier alpha value is -2.38. The van der Waals surface area contributed by atoms with Crippen LogP contribution in [-0.2, 0) is 21.5 Å². The van der Waals surface area contributed by atoms with Gasteiger partial charge in [0.25, 0.3) is 0 Å². The maximum Gasteiger partial charge on any atom is 0.304 e. The molecule has 134 valence electrons. The second kappa shape index (κ2) is 8.13. The van der Waals surface area contributed by atoms with Crippen LogP contribution in [0, 0.1) is 6.92 Å². The van der Waals surface area contributed by atoms with Gasteiger partial charge < -0.3 is 5.32 Å². The molecule has 0 atom stereocenters. The van der Waals surface area contributed by atoms with Gasteiger partial charge in [0.2, 0.25) is 5.91 Å². The molecule has 0 bridgehead atoms. The molecule has 2 rings (SSSR count). The topological polar surface area (TPSA) is 69.7 Å². The van der Waals surface area contributed by atoms with Crippen LogP contribution in [0.2, 0.25) is 0 Å². The Kier molecular flexibility index (Phi) is 6.17. The lowest BCUT2D eigenvalue weighted by Gasteiger charge is -2.26. The lowest BCUT2D eigenvalue weighted by Crippen LogP contribution is -2.45. The van der Waals surface area contributed by atoms with E-state index >= 15 is 0 Å². The molecule has 0 heterocycles. The number of nitrogens with zero attached hydrogens (tertiary/aromatic N) is 2. The molecule has 0 aliphatic carbocycles. The van der Waals surface area contributed by atoms with Gasteiger partial charge in [-0.25, -0.2) is 4.31 Å². The van der Waals surface area contributed by atoms with E-state index in [1.165, 1.54) is 14.1 Å². The molecule has 2 aromatic rings. The second-order valence-electron chi connectivity index (χ2n) is 5.90. The van der Waals surface area contributed by atoms with E-state index in [0.717, 1.165) is 19.7 Å². The van der Waals surface area contributed by atoms with E-state index in [1.54, 1.807) is 30.3 Å². The van der Waals surface area contributed by atoms with Crippen LogP contribution in [0.4, 0.5) is 5.69 Å². The standard InChI is InChI=1S/C18H23N3O3S/c1-15-8-7-9-16(12-15)13-19-18(22)14-21(25(23,24)20(2)3)17-10-5-4-6-11-17/h4-12H,13-14H2,1-3H3,(H,19,22). The lowest BCUT2D eigenvalue weighted by molar-refractivity contribution is -0.119. The van der Waals surface area contributed by atoms with Gasteiger partial charge in [-0.15, -0.1) is 0 Å². The fourth-order valence-corrected chi connectivity index (χ4v) is 3.37. The number of carbonyl (C=O) groups excluding carboxylic acids is 1. The summed E-state index contributed by atoms with van der Waals surface area (Å²) in [5, 5.41) is 2.77. The SMILES string of the molecule is Cc1cccc(CNC(=O)CN(c2ccccc2)S(=O)(=O)N(C)C)c1. The van der Waals surface area contributed by atoms with E-state index in [0.29, 0.717) is 12.2 Å². The van der Waals surface area contributed by atoms with Crippen molar-refractivity contribution in [3.05, 3.63) is 65.7 Å². The number of para-hydroxylation sites is 1. The first kappa shape index (κ1) is 19.0. The molecule has 0 unspecified atom stereocenters. The van der Waals surface area contributed by atoms with Crippen LogP contribution in [0.1, 0.15) is 11.1 Å². The molecular formula is C18H23N3O3S. The smallest absolute Gasteiger partial charge is 0.304 e. The van der Waals surface area contributed by atoms with Crippen LogP contribution in [0.25, 0.3) is 0 Å². The Morgan fingerprint density at radius 2 is 1.72 bits per heavy atom. The first-order chi connectivity index (χ1) is 11.8. The number of hydrogen-bond acceptors (Lipinski definition) is 3. The van der Waals surface area contributed by atoms with Crippen LogP contribution >= 0.6 is 0 Å². The molecule has 0 saturated heterocycles. The van der Waals surface area contributed by atoms with E-state index < -0.39 is 10.2 Å². The van der Waals surface area contributed by atoms with Crippen molar-refractivity contribution in [1.29, 1.82) is 0 Å². The number of anilines is 1. The highest BCUT2D eigenvalue weighted by Crippen LogP contribution is 2.18. The van der Waals surface area contributed by atoms with E-state index in [4.69, 9.17) is 0 Å². The average molecular weight is 361 g/mol. The zero-order chi connectivity index (χ0) is 18.4. The molecule has 0 spiro atoms. The van der Waals surface area contributed by atoms with Crippen molar-refractivity contribution < 1.29 is 13.2 Å². The number of hydrogen-bond donors (Lipinski definition) is 1. The first-order valence-corrected chi connectivity index (χ1v) is 9.28. The third kappa shape index (κ3) is 5.04. The van der Waals surface area contributed by atoms with Crippen LogP contribution in [0.15, 0.2) is 54.6 Å². The molecule has 7 heteroatoms. The van der Waals surface area contributed by atoms with Crippen molar-refractivity contribution in [1.82, 2.24) is 9.62 Å². The summed E-state index contributed by atoms with van der Waals surface area (Å²) in [6.07, 6.45) is 0. The number of aryl methyl sites for hydroxylation is 1. The molecule has 0 aliphatic heterocycles. The predicted molar refractivity (Wildman–Crippen MR) is 99.4 cm³/mol. The Morgan fingerprint density at radius 1 is 1.04 bits per heavy atom. The van der Waals surface area contributed by atoms with Gasteiger partial charge in [-0.3, -0.25) is 4.79 Å². The third-order valence-electron chi connectivity index (χ3n) is 3.64. The Bertz CT molecular complexity index is 820. The maximum absolute atomic E-state index is 12.6. The summed E-state index contributed by atoms with van der Waals surface area (Å²) in [4.78, 5) is 12.3. The Balaban J connectivity index is 2.12. The van der Waals surface area contributed by atoms with Crippen LogP contribution in [-0.4, -0.2) is 39.3 Å². The van der Waals surface area contributed by atoms with E-state index in [9.17, 15) is 13.2 Å². The molecule has 0 saturated carbocycles. The van der Waals surface area contributed by atoms with Crippen LogP contribution < -0.4 is 9.62 Å².